The quantitative estimate of drug-likeness (QED) is 0.786. The predicted octanol–water partition coefficient (Wildman–Crippen LogP) is 3.68. The van der Waals surface area contributed by atoms with E-state index in [1.165, 1.54) is 0 Å². The molecule has 0 radical (unpaired) electrons. The van der Waals surface area contributed by atoms with Crippen LogP contribution in [0.25, 0.3) is 11.3 Å². The van der Waals surface area contributed by atoms with Crippen molar-refractivity contribution in [3.8, 4) is 17.3 Å². The molecule has 0 unspecified atom stereocenters. The van der Waals surface area contributed by atoms with Gasteiger partial charge in [0.15, 0.2) is 0 Å². The average Bonchev–Trinajstić information content (AvgIpc) is 2.48. The van der Waals surface area contributed by atoms with E-state index in [-0.39, 0.29) is 12.6 Å². The molecule has 1 aromatic carbocycles. The summed E-state index contributed by atoms with van der Waals surface area (Å²) in [6.45, 7) is 6.06. The standard InChI is InChI=1S/C16H17ClN2O3/c1-4-21-15(20)13-10(3)18-16(22-5-2)19-14(13)11-6-8-12(17)9-7-11/h6-9H,4-5H2,1-3H3. The third-order valence-electron chi connectivity index (χ3n) is 2.94. The van der Waals surface area contributed by atoms with Gasteiger partial charge in [0, 0.05) is 10.6 Å². The summed E-state index contributed by atoms with van der Waals surface area (Å²) in [7, 11) is 0. The molecular formula is C16H17ClN2O3. The molecule has 0 atom stereocenters. The molecule has 2 rings (SSSR count). The first-order valence-corrected chi connectivity index (χ1v) is 7.39. The van der Waals surface area contributed by atoms with Crippen molar-refractivity contribution >= 4 is 17.6 Å². The molecule has 1 aromatic heterocycles. The second kappa shape index (κ2) is 7.22. The zero-order valence-electron chi connectivity index (χ0n) is 12.7. The Hall–Kier alpha value is -2.14. The van der Waals surface area contributed by atoms with Crippen molar-refractivity contribution in [3.05, 3.63) is 40.5 Å². The van der Waals surface area contributed by atoms with Gasteiger partial charge in [0.25, 0.3) is 0 Å². The number of nitrogens with zero attached hydrogens (tertiary/aromatic N) is 2. The molecule has 116 valence electrons. The van der Waals surface area contributed by atoms with Crippen LogP contribution in [0.2, 0.25) is 5.02 Å². The molecule has 0 aliphatic carbocycles. The summed E-state index contributed by atoms with van der Waals surface area (Å²) in [6, 6.07) is 7.30. The number of hydrogen-bond acceptors (Lipinski definition) is 5. The van der Waals surface area contributed by atoms with Crippen LogP contribution in [0.15, 0.2) is 24.3 Å². The number of aryl methyl sites for hydroxylation is 1. The molecule has 0 saturated heterocycles. The Labute approximate surface area is 134 Å². The molecule has 22 heavy (non-hydrogen) atoms. The molecule has 0 spiro atoms. The fourth-order valence-corrected chi connectivity index (χ4v) is 2.13. The summed E-state index contributed by atoms with van der Waals surface area (Å²) >= 11 is 5.91. The highest BCUT2D eigenvalue weighted by Gasteiger charge is 2.21. The number of aromatic nitrogens is 2. The van der Waals surface area contributed by atoms with Crippen molar-refractivity contribution in [2.24, 2.45) is 0 Å². The molecule has 1 heterocycles. The maximum absolute atomic E-state index is 12.2. The molecule has 0 bridgehead atoms. The lowest BCUT2D eigenvalue weighted by molar-refractivity contribution is 0.0525. The Balaban J connectivity index is 2.60. The molecule has 2 aromatic rings. The Morgan fingerprint density at radius 1 is 1.14 bits per heavy atom. The lowest BCUT2D eigenvalue weighted by Crippen LogP contribution is -2.13. The summed E-state index contributed by atoms with van der Waals surface area (Å²) in [5.74, 6) is -0.451. The summed E-state index contributed by atoms with van der Waals surface area (Å²) in [5, 5.41) is 0.609. The topological polar surface area (TPSA) is 61.3 Å². The Bertz CT molecular complexity index is 672. The fourth-order valence-electron chi connectivity index (χ4n) is 2.01. The summed E-state index contributed by atoms with van der Waals surface area (Å²) in [6.07, 6.45) is 0. The van der Waals surface area contributed by atoms with Crippen molar-refractivity contribution in [1.29, 1.82) is 0 Å². The van der Waals surface area contributed by atoms with Crippen molar-refractivity contribution in [2.45, 2.75) is 20.8 Å². The predicted molar refractivity (Wildman–Crippen MR) is 84.3 cm³/mol. The van der Waals surface area contributed by atoms with Gasteiger partial charge in [0.2, 0.25) is 0 Å². The molecule has 0 aliphatic rings. The second-order valence-electron chi connectivity index (χ2n) is 4.48. The second-order valence-corrected chi connectivity index (χ2v) is 4.91. The van der Waals surface area contributed by atoms with Crippen LogP contribution in [-0.4, -0.2) is 29.2 Å². The monoisotopic (exact) mass is 320 g/mol. The number of carbonyl (C=O) groups is 1. The van der Waals surface area contributed by atoms with Gasteiger partial charge in [-0.2, -0.15) is 9.97 Å². The first-order chi connectivity index (χ1) is 10.6. The molecule has 5 nitrogen and oxygen atoms in total. The van der Waals surface area contributed by atoms with Crippen LogP contribution in [0.4, 0.5) is 0 Å². The minimum Gasteiger partial charge on any atom is -0.464 e. The third-order valence-corrected chi connectivity index (χ3v) is 3.19. The molecule has 6 heteroatoms. The van der Waals surface area contributed by atoms with E-state index >= 15 is 0 Å². The SMILES string of the molecule is CCOC(=O)c1c(C)nc(OCC)nc1-c1ccc(Cl)cc1. The van der Waals surface area contributed by atoms with Gasteiger partial charge in [-0.1, -0.05) is 23.7 Å². The molecule has 0 aliphatic heterocycles. The van der Waals surface area contributed by atoms with Crippen molar-refractivity contribution in [3.63, 3.8) is 0 Å². The van der Waals surface area contributed by atoms with E-state index in [9.17, 15) is 4.79 Å². The van der Waals surface area contributed by atoms with Gasteiger partial charge in [-0.05, 0) is 32.9 Å². The minimum atomic E-state index is -0.451. The van der Waals surface area contributed by atoms with E-state index in [1.54, 1.807) is 38.1 Å². The van der Waals surface area contributed by atoms with Crippen molar-refractivity contribution in [2.75, 3.05) is 13.2 Å². The largest absolute Gasteiger partial charge is 0.464 e. The first-order valence-electron chi connectivity index (χ1n) is 7.01. The maximum Gasteiger partial charge on any atom is 0.342 e. The van der Waals surface area contributed by atoms with Crippen LogP contribution >= 0.6 is 11.6 Å². The van der Waals surface area contributed by atoms with E-state index in [2.05, 4.69) is 9.97 Å². The van der Waals surface area contributed by atoms with Crippen LogP contribution in [0.3, 0.4) is 0 Å². The number of hydrogen-bond donors (Lipinski definition) is 0. The highest BCUT2D eigenvalue weighted by molar-refractivity contribution is 6.30. The summed E-state index contributed by atoms with van der Waals surface area (Å²) in [5.41, 5.74) is 2.08. The van der Waals surface area contributed by atoms with E-state index in [1.807, 2.05) is 6.92 Å². The molecular weight excluding hydrogens is 304 g/mol. The lowest BCUT2D eigenvalue weighted by atomic mass is 10.0. The minimum absolute atomic E-state index is 0.234. The lowest BCUT2D eigenvalue weighted by Gasteiger charge is -2.12. The third kappa shape index (κ3) is 3.54. The van der Waals surface area contributed by atoms with Gasteiger partial charge in [0.05, 0.1) is 24.6 Å². The average molecular weight is 321 g/mol. The van der Waals surface area contributed by atoms with E-state index < -0.39 is 5.97 Å². The van der Waals surface area contributed by atoms with E-state index in [0.717, 1.165) is 5.56 Å². The van der Waals surface area contributed by atoms with Crippen LogP contribution in [-0.2, 0) is 4.74 Å². The maximum atomic E-state index is 12.2. The summed E-state index contributed by atoms with van der Waals surface area (Å²) in [4.78, 5) is 20.8. The van der Waals surface area contributed by atoms with Gasteiger partial charge in [0.1, 0.15) is 5.56 Å². The number of halogens is 1. The first kappa shape index (κ1) is 16.2. The van der Waals surface area contributed by atoms with Crippen molar-refractivity contribution in [1.82, 2.24) is 9.97 Å². The Kier molecular flexibility index (Phi) is 5.33. The van der Waals surface area contributed by atoms with Gasteiger partial charge < -0.3 is 9.47 Å². The van der Waals surface area contributed by atoms with Crippen LogP contribution in [0, 0.1) is 6.92 Å². The number of rotatable bonds is 5. The number of benzene rings is 1. The Morgan fingerprint density at radius 3 is 2.41 bits per heavy atom. The highest BCUT2D eigenvalue weighted by Crippen LogP contribution is 2.27. The van der Waals surface area contributed by atoms with Crippen LogP contribution in [0.5, 0.6) is 6.01 Å². The molecule has 0 amide bonds. The Morgan fingerprint density at radius 2 is 1.82 bits per heavy atom. The van der Waals surface area contributed by atoms with E-state index in [4.69, 9.17) is 21.1 Å². The van der Waals surface area contributed by atoms with Gasteiger partial charge in [-0.25, -0.2) is 4.79 Å². The van der Waals surface area contributed by atoms with Gasteiger partial charge in [-0.3, -0.25) is 0 Å². The van der Waals surface area contributed by atoms with Crippen molar-refractivity contribution < 1.29 is 14.3 Å². The van der Waals surface area contributed by atoms with Crippen LogP contribution in [0.1, 0.15) is 29.9 Å². The fraction of sp³-hybridized carbons (Fsp3) is 0.312. The normalized spacial score (nSPS) is 10.4. The molecule has 0 fully saturated rings. The molecule has 0 saturated carbocycles. The number of esters is 1. The van der Waals surface area contributed by atoms with Gasteiger partial charge >= 0.3 is 12.0 Å². The van der Waals surface area contributed by atoms with Gasteiger partial charge in [-0.15, -0.1) is 0 Å². The smallest absolute Gasteiger partial charge is 0.342 e. The number of carbonyl (C=O) groups excluding carboxylic acids is 1. The zero-order valence-corrected chi connectivity index (χ0v) is 13.5. The zero-order chi connectivity index (χ0) is 16.1. The van der Waals surface area contributed by atoms with E-state index in [0.29, 0.717) is 28.6 Å². The van der Waals surface area contributed by atoms with Crippen LogP contribution < -0.4 is 4.74 Å². The summed E-state index contributed by atoms with van der Waals surface area (Å²) < 4.78 is 10.5. The highest BCUT2D eigenvalue weighted by atomic mass is 35.5. The molecule has 0 N–H and O–H groups in total. The number of ether oxygens (including phenoxy) is 2.